The smallest absolute Gasteiger partial charge is 0.303 e. The molecule has 4 saturated heterocycles. The standard InChI is InChI=1S/C33H50N2O8/c1-21(9-12-28-22(2)17-27(24(4)42-28)34-30(37)14-11-23(3)41-25(5)36)10-13-29-32(39)33(20-40-33)19-26(43-29)18-31(38)35-15-7-6-8-16-35/h9-11,13-14,22-24,26-29,32,39H,6-8,12,15-20H2,1-5H3,(H,34,37)/b13-10+,14-11?,21-9+/t22-,23?,24+,26+,27+,28-,29+,32+,33+/m0/s1. The number of hydrogen-bond donors (Lipinski definition) is 2. The number of likely N-dealkylation sites (tertiary alicyclic amines) is 1. The Morgan fingerprint density at radius 1 is 1.12 bits per heavy atom. The van der Waals surface area contributed by atoms with E-state index >= 15 is 0 Å². The molecule has 1 spiro atoms. The molecule has 4 heterocycles. The van der Waals surface area contributed by atoms with Crippen molar-refractivity contribution in [3.8, 4) is 0 Å². The van der Waals surface area contributed by atoms with Crippen LogP contribution in [-0.2, 0) is 33.3 Å². The maximum Gasteiger partial charge on any atom is 0.303 e. The van der Waals surface area contributed by atoms with Gasteiger partial charge >= 0.3 is 5.97 Å². The Hall–Kier alpha value is -2.53. The number of epoxide rings is 1. The average Bonchev–Trinajstić information content (AvgIpc) is 3.74. The molecule has 0 saturated carbocycles. The van der Waals surface area contributed by atoms with Crippen molar-refractivity contribution in [2.45, 2.75) is 128 Å². The second-order valence-corrected chi connectivity index (χ2v) is 12.8. The number of nitrogens with one attached hydrogen (secondary N) is 1. The molecule has 4 rings (SSSR count). The minimum atomic E-state index is -0.771. The van der Waals surface area contributed by atoms with Crippen molar-refractivity contribution in [1.29, 1.82) is 0 Å². The van der Waals surface area contributed by atoms with Gasteiger partial charge in [-0.1, -0.05) is 30.7 Å². The van der Waals surface area contributed by atoms with Gasteiger partial charge in [0.05, 0.1) is 37.4 Å². The molecule has 10 nitrogen and oxygen atoms in total. The maximum atomic E-state index is 12.9. The first-order valence-corrected chi connectivity index (χ1v) is 15.9. The minimum absolute atomic E-state index is 0.0101. The predicted octanol–water partition coefficient (Wildman–Crippen LogP) is 3.38. The highest BCUT2D eigenvalue weighted by Crippen LogP contribution is 2.43. The van der Waals surface area contributed by atoms with Crippen LogP contribution in [0.25, 0.3) is 0 Å². The summed E-state index contributed by atoms with van der Waals surface area (Å²) in [4.78, 5) is 38.2. The molecule has 0 aromatic heterocycles. The molecule has 0 radical (unpaired) electrons. The lowest BCUT2D eigenvalue weighted by Gasteiger charge is -2.39. The van der Waals surface area contributed by atoms with E-state index in [0.717, 1.165) is 44.3 Å². The number of allylic oxidation sites excluding steroid dienone is 2. The number of aliphatic hydroxyl groups is 1. The largest absolute Gasteiger partial charge is 0.459 e. The number of esters is 1. The Bertz CT molecular complexity index is 1080. The molecule has 43 heavy (non-hydrogen) atoms. The second kappa shape index (κ2) is 15.0. The Morgan fingerprint density at radius 2 is 1.84 bits per heavy atom. The molecule has 0 bridgehead atoms. The summed E-state index contributed by atoms with van der Waals surface area (Å²) < 4.78 is 23.2. The van der Waals surface area contributed by atoms with Crippen molar-refractivity contribution in [1.82, 2.24) is 10.2 Å². The summed E-state index contributed by atoms with van der Waals surface area (Å²) >= 11 is 0. The third-order valence-electron chi connectivity index (χ3n) is 9.03. The first kappa shape index (κ1) is 33.4. The molecule has 10 heteroatoms. The van der Waals surface area contributed by atoms with E-state index in [0.29, 0.717) is 19.4 Å². The van der Waals surface area contributed by atoms with Crippen LogP contribution in [0.2, 0.25) is 0 Å². The number of ether oxygens (including phenoxy) is 4. The summed E-state index contributed by atoms with van der Waals surface area (Å²) in [5.74, 6) is -0.280. The molecular weight excluding hydrogens is 552 g/mol. The molecule has 4 fully saturated rings. The van der Waals surface area contributed by atoms with Gasteiger partial charge in [-0.05, 0) is 64.9 Å². The summed E-state index contributed by atoms with van der Waals surface area (Å²) in [5, 5.41) is 14.0. The fraction of sp³-hybridized carbons (Fsp3) is 0.727. The zero-order chi connectivity index (χ0) is 31.1. The van der Waals surface area contributed by atoms with Gasteiger partial charge in [0, 0.05) is 32.5 Å². The summed E-state index contributed by atoms with van der Waals surface area (Å²) in [6, 6.07) is -0.117. The van der Waals surface area contributed by atoms with Crippen LogP contribution in [0.15, 0.2) is 36.0 Å². The van der Waals surface area contributed by atoms with Crippen LogP contribution < -0.4 is 5.32 Å². The number of amides is 2. The molecule has 0 aliphatic carbocycles. The third kappa shape index (κ3) is 9.48. The van der Waals surface area contributed by atoms with Gasteiger partial charge in [-0.15, -0.1) is 0 Å². The SMILES string of the molecule is CC(=O)OC(C)C=CC(=O)N[C@@H]1C[C@H](C)[C@H](C/C=C(C)/C=C/[C@H]2O[C@H](CC(=O)N3CCCCC3)C[C@@]3(CO3)[C@@H]2O)O[C@@H]1C. The Balaban J connectivity index is 1.26. The molecule has 4 aliphatic rings. The van der Waals surface area contributed by atoms with Crippen molar-refractivity contribution in [2.24, 2.45) is 5.92 Å². The lowest BCUT2D eigenvalue weighted by Crippen LogP contribution is -2.51. The molecule has 0 aromatic carbocycles. The van der Waals surface area contributed by atoms with E-state index in [4.69, 9.17) is 18.9 Å². The highest BCUT2D eigenvalue weighted by Gasteiger charge is 2.58. The highest BCUT2D eigenvalue weighted by molar-refractivity contribution is 5.87. The van der Waals surface area contributed by atoms with Gasteiger partial charge < -0.3 is 34.3 Å². The van der Waals surface area contributed by atoms with Gasteiger partial charge in [0.1, 0.15) is 23.9 Å². The van der Waals surface area contributed by atoms with E-state index < -0.39 is 29.9 Å². The molecular formula is C33H50N2O8. The molecule has 9 atom stereocenters. The van der Waals surface area contributed by atoms with Crippen LogP contribution in [0.5, 0.6) is 0 Å². The molecule has 2 N–H and O–H groups in total. The van der Waals surface area contributed by atoms with E-state index in [9.17, 15) is 19.5 Å². The fourth-order valence-electron chi connectivity index (χ4n) is 6.35. The lowest BCUT2D eigenvalue weighted by atomic mass is 9.87. The fourth-order valence-corrected chi connectivity index (χ4v) is 6.35. The van der Waals surface area contributed by atoms with Crippen LogP contribution in [0.1, 0.15) is 79.6 Å². The van der Waals surface area contributed by atoms with Crippen LogP contribution in [0, 0.1) is 5.92 Å². The lowest BCUT2D eigenvalue weighted by molar-refractivity contribution is -0.151. The first-order valence-electron chi connectivity index (χ1n) is 15.9. The number of rotatable bonds is 10. The van der Waals surface area contributed by atoms with Crippen molar-refractivity contribution in [3.05, 3.63) is 36.0 Å². The van der Waals surface area contributed by atoms with Gasteiger partial charge in [0.25, 0.3) is 0 Å². The Labute approximate surface area is 255 Å². The summed E-state index contributed by atoms with van der Waals surface area (Å²) in [6.45, 7) is 11.3. The van der Waals surface area contributed by atoms with Crippen molar-refractivity contribution in [2.75, 3.05) is 19.7 Å². The van der Waals surface area contributed by atoms with Gasteiger partial charge in [-0.3, -0.25) is 14.4 Å². The summed E-state index contributed by atoms with van der Waals surface area (Å²) in [7, 11) is 0. The van der Waals surface area contributed by atoms with Gasteiger partial charge in [0.2, 0.25) is 11.8 Å². The molecule has 0 aromatic rings. The highest BCUT2D eigenvalue weighted by atomic mass is 16.6. The van der Waals surface area contributed by atoms with Crippen LogP contribution in [0.3, 0.4) is 0 Å². The van der Waals surface area contributed by atoms with Crippen molar-refractivity contribution >= 4 is 17.8 Å². The van der Waals surface area contributed by atoms with Gasteiger partial charge in [-0.2, -0.15) is 0 Å². The minimum Gasteiger partial charge on any atom is -0.459 e. The number of aliphatic hydroxyl groups excluding tert-OH is 1. The van der Waals surface area contributed by atoms with Crippen LogP contribution in [0.4, 0.5) is 0 Å². The molecule has 2 amide bonds. The predicted molar refractivity (Wildman–Crippen MR) is 161 cm³/mol. The topological polar surface area (TPSA) is 127 Å². The van der Waals surface area contributed by atoms with E-state index in [1.807, 2.05) is 30.9 Å². The van der Waals surface area contributed by atoms with E-state index in [1.54, 1.807) is 13.0 Å². The Morgan fingerprint density at radius 3 is 2.51 bits per heavy atom. The van der Waals surface area contributed by atoms with Gasteiger partial charge in [-0.25, -0.2) is 0 Å². The number of carbonyl (C=O) groups is 3. The van der Waals surface area contributed by atoms with Crippen molar-refractivity contribution in [3.63, 3.8) is 0 Å². The van der Waals surface area contributed by atoms with Crippen LogP contribution in [-0.4, -0.2) is 95.8 Å². The normalized spacial score (nSPS) is 35.7. The monoisotopic (exact) mass is 602 g/mol. The summed E-state index contributed by atoms with van der Waals surface area (Å²) in [6.07, 6.45) is 12.4. The van der Waals surface area contributed by atoms with Crippen LogP contribution >= 0.6 is 0 Å². The number of piperidine rings is 1. The molecule has 1 unspecified atom stereocenters. The zero-order valence-corrected chi connectivity index (χ0v) is 26.3. The van der Waals surface area contributed by atoms with Gasteiger partial charge in [0.15, 0.2) is 0 Å². The zero-order valence-electron chi connectivity index (χ0n) is 26.3. The Kier molecular flexibility index (Phi) is 11.6. The molecule has 240 valence electrons. The molecule has 4 aliphatic heterocycles. The maximum absolute atomic E-state index is 12.9. The first-order chi connectivity index (χ1) is 20.5. The third-order valence-corrected chi connectivity index (χ3v) is 9.03. The van der Waals surface area contributed by atoms with Crippen molar-refractivity contribution < 1.29 is 38.4 Å². The van der Waals surface area contributed by atoms with E-state index in [1.165, 1.54) is 19.4 Å². The quantitative estimate of drug-likeness (QED) is 0.169. The summed E-state index contributed by atoms with van der Waals surface area (Å²) in [5.41, 5.74) is 0.417. The number of hydrogen-bond acceptors (Lipinski definition) is 8. The average molecular weight is 603 g/mol. The number of nitrogens with zero attached hydrogens (tertiary/aromatic N) is 1. The second-order valence-electron chi connectivity index (χ2n) is 12.8. The van der Waals surface area contributed by atoms with E-state index in [-0.39, 0.29) is 42.1 Å². The number of carbonyl (C=O) groups excluding carboxylic acids is 3. The van der Waals surface area contributed by atoms with E-state index in [2.05, 4.69) is 18.3 Å².